The fourth-order valence-corrected chi connectivity index (χ4v) is 1.80. The Bertz CT molecular complexity index is 366. The molecule has 0 bridgehead atoms. The number of amides is 1. The highest BCUT2D eigenvalue weighted by molar-refractivity contribution is 5.94. The first-order valence-corrected chi connectivity index (χ1v) is 5.52. The average Bonchev–Trinajstić information content (AvgIpc) is 2.30. The molecule has 4 nitrogen and oxygen atoms in total. The number of rotatable bonds is 1. The van der Waals surface area contributed by atoms with Crippen LogP contribution in [-0.4, -0.2) is 42.0 Å². The molecule has 0 unspecified atom stereocenters. The summed E-state index contributed by atoms with van der Waals surface area (Å²) in [5.74, 6) is 5.76. The van der Waals surface area contributed by atoms with Gasteiger partial charge in [-0.05, 0) is 19.1 Å². The van der Waals surface area contributed by atoms with Gasteiger partial charge in [0.25, 0.3) is 5.91 Å². The van der Waals surface area contributed by atoms with Crippen LogP contribution >= 0.6 is 0 Å². The predicted molar refractivity (Wildman–Crippen MR) is 62.8 cm³/mol. The Kier molecular flexibility index (Phi) is 3.22. The number of hydrogen-bond acceptors (Lipinski definition) is 3. The number of hydrogen-bond donors (Lipinski definition) is 1. The van der Waals surface area contributed by atoms with Crippen molar-refractivity contribution in [3.05, 3.63) is 35.4 Å². The van der Waals surface area contributed by atoms with Gasteiger partial charge in [-0.15, -0.1) is 0 Å². The van der Waals surface area contributed by atoms with Crippen molar-refractivity contribution in [2.75, 3.05) is 26.2 Å². The Morgan fingerprint density at radius 2 is 1.69 bits per heavy atom. The Hall–Kier alpha value is -1.39. The molecular formula is C12H17N3O. The summed E-state index contributed by atoms with van der Waals surface area (Å²) >= 11 is 0. The number of nitrogens with two attached hydrogens (primary N) is 1. The first-order chi connectivity index (χ1) is 7.66. The van der Waals surface area contributed by atoms with E-state index >= 15 is 0 Å². The quantitative estimate of drug-likeness (QED) is 0.705. The third-order valence-corrected chi connectivity index (χ3v) is 2.90. The van der Waals surface area contributed by atoms with Crippen LogP contribution in [0.1, 0.15) is 15.9 Å². The van der Waals surface area contributed by atoms with Crippen molar-refractivity contribution >= 4 is 5.91 Å². The third kappa shape index (κ3) is 2.40. The summed E-state index contributed by atoms with van der Waals surface area (Å²) in [6.45, 7) is 4.93. The zero-order chi connectivity index (χ0) is 11.5. The predicted octanol–water partition coefficient (Wildman–Crippen LogP) is 0.627. The molecular weight excluding hydrogens is 202 g/mol. The largest absolute Gasteiger partial charge is 0.336 e. The van der Waals surface area contributed by atoms with E-state index in [0.29, 0.717) is 13.1 Å². The lowest BCUT2D eigenvalue weighted by atomic mass is 10.1. The molecule has 0 aromatic heterocycles. The lowest BCUT2D eigenvalue weighted by Gasteiger charge is -2.32. The maximum Gasteiger partial charge on any atom is 0.253 e. The summed E-state index contributed by atoms with van der Waals surface area (Å²) in [7, 11) is 0. The molecule has 0 atom stereocenters. The second-order valence-electron chi connectivity index (χ2n) is 4.19. The fraction of sp³-hybridized carbons (Fsp3) is 0.417. The Morgan fingerprint density at radius 1 is 1.12 bits per heavy atom. The minimum absolute atomic E-state index is 0.105. The van der Waals surface area contributed by atoms with Crippen molar-refractivity contribution in [1.29, 1.82) is 0 Å². The molecule has 2 rings (SSSR count). The highest BCUT2D eigenvalue weighted by Crippen LogP contribution is 2.08. The topological polar surface area (TPSA) is 49.6 Å². The number of piperazine rings is 1. The van der Waals surface area contributed by atoms with Crippen LogP contribution in [0.5, 0.6) is 0 Å². The van der Waals surface area contributed by atoms with Crippen molar-refractivity contribution in [3.63, 3.8) is 0 Å². The van der Waals surface area contributed by atoms with Crippen LogP contribution in [-0.2, 0) is 0 Å². The molecule has 16 heavy (non-hydrogen) atoms. The molecule has 0 saturated carbocycles. The summed E-state index contributed by atoms with van der Waals surface area (Å²) in [6, 6.07) is 7.69. The van der Waals surface area contributed by atoms with Crippen molar-refractivity contribution in [2.24, 2.45) is 5.84 Å². The zero-order valence-corrected chi connectivity index (χ0v) is 9.52. The number of aryl methyl sites for hydroxylation is 1. The Morgan fingerprint density at radius 3 is 2.25 bits per heavy atom. The molecule has 1 saturated heterocycles. The summed E-state index contributed by atoms with van der Waals surface area (Å²) < 4.78 is 0. The zero-order valence-electron chi connectivity index (χ0n) is 9.52. The molecule has 0 spiro atoms. The van der Waals surface area contributed by atoms with E-state index in [1.54, 1.807) is 5.01 Å². The molecule has 1 aromatic carbocycles. The first kappa shape index (κ1) is 11.1. The molecule has 1 heterocycles. The van der Waals surface area contributed by atoms with Crippen molar-refractivity contribution in [1.82, 2.24) is 9.91 Å². The smallest absolute Gasteiger partial charge is 0.253 e. The van der Waals surface area contributed by atoms with Crippen LogP contribution in [0.2, 0.25) is 0 Å². The number of hydrazine groups is 1. The third-order valence-electron chi connectivity index (χ3n) is 2.90. The van der Waals surface area contributed by atoms with Gasteiger partial charge in [-0.3, -0.25) is 10.6 Å². The van der Waals surface area contributed by atoms with Gasteiger partial charge >= 0.3 is 0 Å². The van der Waals surface area contributed by atoms with Crippen molar-refractivity contribution < 1.29 is 4.79 Å². The van der Waals surface area contributed by atoms with Gasteiger partial charge in [-0.2, -0.15) is 0 Å². The number of carbonyl (C=O) groups excluding carboxylic acids is 1. The molecule has 86 valence electrons. The summed E-state index contributed by atoms with van der Waals surface area (Å²) in [5.41, 5.74) is 1.93. The van der Waals surface area contributed by atoms with Gasteiger partial charge in [-0.1, -0.05) is 17.7 Å². The molecule has 1 amide bonds. The monoisotopic (exact) mass is 219 g/mol. The van der Waals surface area contributed by atoms with Gasteiger partial charge < -0.3 is 4.90 Å². The maximum absolute atomic E-state index is 12.1. The fourth-order valence-electron chi connectivity index (χ4n) is 1.80. The minimum atomic E-state index is 0.105. The van der Waals surface area contributed by atoms with Crippen LogP contribution in [0.3, 0.4) is 0 Å². The summed E-state index contributed by atoms with van der Waals surface area (Å²) in [5, 5.41) is 1.75. The van der Waals surface area contributed by atoms with Gasteiger partial charge in [0.1, 0.15) is 0 Å². The van der Waals surface area contributed by atoms with E-state index in [1.807, 2.05) is 36.1 Å². The standard InChI is InChI=1S/C12H17N3O/c1-10-2-4-11(5-3-10)12(16)14-6-8-15(13)9-7-14/h2-5H,6-9,13H2,1H3. The first-order valence-electron chi connectivity index (χ1n) is 5.52. The molecule has 1 aromatic rings. The minimum Gasteiger partial charge on any atom is -0.336 e. The van der Waals surface area contributed by atoms with E-state index in [4.69, 9.17) is 5.84 Å². The molecule has 2 N–H and O–H groups in total. The van der Waals surface area contributed by atoms with Crippen molar-refractivity contribution in [2.45, 2.75) is 6.92 Å². The van der Waals surface area contributed by atoms with Crippen LogP contribution in [0, 0.1) is 6.92 Å². The second-order valence-corrected chi connectivity index (χ2v) is 4.19. The van der Waals surface area contributed by atoms with E-state index < -0.39 is 0 Å². The number of nitrogens with zero attached hydrogens (tertiary/aromatic N) is 2. The van der Waals surface area contributed by atoms with Crippen LogP contribution < -0.4 is 5.84 Å². The number of benzene rings is 1. The van der Waals surface area contributed by atoms with Crippen LogP contribution in [0.25, 0.3) is 0 Å². The lowest BCUT2D eigenvalue weighted by molar-refractivity contribution is 0.0638. The van der Waals surface area contributed by atoms with E-state index in [0.717, 1.165) is 18.7 Å². The van der Waals surface area contributed by atoms with E-state index in [1.165, 1.54) is 5.56 Å². The van der Waals surface area contributed by atoms with Gasteiger partial charge in [-0.25, -0.2) is 5.01 Å². The molecule has 1 aliphatic heterocycles. The van der Waals surface area contributed by atoms with Gasteiger partial charge in [0.05, 0.1) is 0 Å². The highest BCUT2D eigenvalue weighted by Gasteiger charge is 2.20. The van der Waals surface area contributed by atoms with E-state index in [9.17, 15) is 4.79 Å². The van der Waals surface area contributed by atoms with E-state index in [-0.39, 0.29) is 5.91 Å². The molecule has 1 aliphatic rings. The van der Waals surface area contributed by atoms with Crippen LogP contribution in [0.15, 0.2) is 24.3 Å². The molecule has 0 radical (unpaired) electrons. The van der Waals surface area contributed by atoms with E-state index in [2.05, 4.69) is 0 Å². The Balaban J connectivity index is 2.05. The maximum atomic E-state index is 12.1. The highest BCUT2D eigenvalue weighted by atomic mass is 16.2. The average molecular weight is 219 g/mol. The summed E-state index contributed by atoms with van der Waals surface area (Å²) in [6.07, 6.45) is 0. The number of carbonyl (C=O) groups is 1. The molecule has 1 fully saturated rings. The SMILES string of the molecule is Cc1ccc(C(=O)N2CCN(N)CC2)cc1. The second kappa shape index (κ2) is 4.63. The normalized spacial score (nSPS) is 17.5. The molecule has 4 heteroatoms. The van der Waals surface area contributed by atoms with Crippen LogP contribution in [0.4, 0.5) is 0 Å². The Labute approximate surface area is 95.6 Å². The molecule has 0 aliphatic carbocycles. The summed E-state index contributed by atoms with van der Waals surface area (Å²) in [4.78, 5) is 13.9. The van der Waals surface area contributed by atoms with Gasteiger partial charge in [0.15, 0.2) is 0 Å². The van der Waals surface area contributed by atoms with Gasteiger partial charge in [0.2, 0.25) is 0 Å². The van der Waals surface area contributed by atoms with Gasteiger partial charge in [0, 0.05) is 31.7 Å². The van der Waals surface area contributed by atoms with Crippen molar-refractivity contribution in [3.8, 4) is 0 Å². The lowest BCUT2D eigenvalue weighted by Crippen LogP contribution is -2.51.